The van der Waals surface area contributed by atoms with Crippen molar-refractivity contribution < 1.29 is 0 Å². The van der Waals surface area contributed by atoms with Crippen LogP contribution in [-0.4, -0.2) is 16.5 Å². The summed E-state index contributed by atoms with van der Waals surface area (Å²) in [5.74, 6) is 0. The standard InChI is InChI=1S/C8H13N3/c1-7-8(11-6-10-7)4-2-3-5-9/h2,4,6H,3,5,9H2,1H3,(H,10,11). The lowest BCUT2D eigenvalue weighted by Gasteiger charge is -1.87. The number of H-pyrrole nitrogens is 1. The van der Waals surface area contributed by atoms with Crippen LogP contribution in [0.3, 0.4) is 0 Å². The van der Waals surface area contributed by atoms with E-state index in [9.17, 15) is 0 Å². The van der Waals surface area contributed by atoms with Crippen molar-refractivity contribution in [3.8, 4) is 0 Å². The van der Waals surface area contributed by atoms with Crippen LogP contribution in [0.4, 0.5) is 0 Å². The average molecular weight is 151 g/mol. The maximum absolute atomic E-state index is 5.33. The molecule has 60 valence electrons. The minimum atomic E-state index is 0.694. The molecule has 11 heavy (non-hydrogen) atoms. The van der Waals surface area contributed by atoms with E-state index in [4.69, 9.17) is 5.73 Å². The predicted octanol–water partition coefficient (Wildman–Crippen LogP) is 1.08. The molecule has 0 atom stereocenters. The second-order valence-electron chi connectivity index (χ2n) is 2.39. The van der Waals surface area contributed by atoms with E-state index in [1.165, 1.54) is 0 Å². The molecule has 0 spiro atoms. The third-order valence-electron chi connectivity index (χ3n) is 1.48. The molecule has 0 saturated carbocycles. The second-order valence-corrected chi connectivity index (χ2v) is 2.39. The molecule has 0 amide bonds. The van der Waals surface area contributed by atoms with E-state index in [0.29, 0.717) is 6.54 Å². The summed E-state index contributed by atoms with van der Waals surface area (Å²) in [4.78, 5) is 7.11. The van der Waals surface area contributed by atoms with Crippen molar-refractivity contribution in [2.45, 2.75) is 13.3 Å². The maximum atomic E-state index is 5.33. The van der Waals surface area contributed by atoms with Crippen LogP contribution in [0.15, 0.2) is 12.4 Å². The molecule has 3 N–H and O–H groups in total. The Balaban J connectivity index is 2.56. The van der Waals surface area contributed by atoms with Crippen LogP contribution in [0.25, 0.3) is 6.08 Å². The number of imidazole rings is 1. The highest BCUT2D eigenvalue weighted by molar-refractivity contribution is 5.46. The van der Waals surface area contributed by atoms with Crippen LogP contribution in [0, 0.1) is 6.92 Å². The van der Waals surface area contributed by atoms with Crippen LogP contribution >= 0.6 is 0 Å². The Bertz CT molecular complexity index is 237. The average Bonchev–Trinajstić information content (AvgIpc) is 2.37. The maximum Gasteiger partial charge on any atom is 0.0929 e. The Morgan fingerprint density at radius 2 is 2.55 bits per heavy atom. The third kappa shape index (κ3) is 2.20. The number of rotatable bonds is 3. The SMILES string of the molecule is Cc1[nH]cnc1C=CCCN. The molecule has 3 heteroatoms. The largest absolute Gasteiger partial charge is 0.348 e. The van der Waals surface area contributed by atoms with E-state index >= 15 is 0 Å². The summed E-state index contributed by atoms with van der Waals surface area (Å²) in [6.45, 7) is 2.69. The Morgan fingerprint density at radius 1 is 1.73 bits per heavy atom. The number of nitrogens with zero attached hydrogens (tertiary/aromatic N) is 1. The van der Waals surface area contributed by atoms with Gasteiger partial charge in [-0.15, -0.1) is 0 Å². The van der Waals surface area contributed by atoms with Crippen LogP contribution < -0.4 is 5.73 Å². The summed E-state index contributed by atoms with van der Waals surface area (Å²) in [6.07, 6.45) is 6.62. The lowest BCUT2D eigenvalue weighted by Crippen LogP contribution is -1.95. The topological polar surface area (TPSA) is 54.7 Å². The molecular weight excluding hydrogens is 138 g/mol. The molecule has 1 aromatic rings. The number of hydrogen-bond acceptors (Lipinski definition) is 2. The number of nitrogens with two attached hydrogens (primary N) is 1. The van der Waals surface area contributed by atoms with Gasteiger partial charge in [0.05, 0.1) is 12.0 Å². The van der Waals surface area contributed by atoms with E-state index in [2.05, 4.69) is 9.97 Å². The summed E-state index contributed by atoms with van der Waals surface area (Å²) >= 11 is 0. The summed E-state index contributed by atoms with van der Waals surface area (Å²) in [5, 5.41) is 0. The molecule has 1 aromatic heterocycles. The molecule has 0 radical (unpaired) electrons. The van der Waals surface area contributed by atoms with E-state index in [1.54, 1.807) is 6.33 Å². The van der Waals surface area contributed by atoms with E-state index < -0.39 is 0 Å². The summed E-state index contributed by atoms with van der Waals surface area (Å²) < 4.78 is 0. The van der Waals surface area contributed by atoms with Crippen molar-refractivity contribution in [2.75, 3.05) is 6.54 Å². The zero-order valence-electron chi connectivity index (χ0n) is 6.67. The minimum absolute atomic E-state index is 0.694. The van der Waals surface area contributed by atoms with Crippen LogP contribution in [0.2, 0.25) is 0 Å². The molecule has 1 heterocycles. The zero-order valence-corrected chi connectivity index (χ0v) is 6.67. The molecule has 0 bridgehead atoms. The molecule has 0 aliphatic carbocycles. The first-order valence-corrected chi connectivity index (χ1v) is 3.71. The number of nitrogens with one attached hydrogen (secondary N) is 1. The van der Waals surface area contributed by atoms with Gasteiger partial charge in [0.15, 0.2) is 0 Å². The first kappa shape index (κ1) is 8.01. The van der Waals surface area contributed by atoms with E-state index in [0.717, 1.165) is 17.8 Å². The monoisotopic (exact) mass is 151 g/mol. The van der Waals surface area contributed by atoms with Crippen LogP contribution in [-0.2, 0) is 0 Å². The smallest absolute Gasteiger partial charge is 0.0929 e. The fourth-order valence-corrected chi connectivity index (χ4v) is 0.829. The predicted molar refractivity (Wildman–Crippen MR) is 46.0 cm³/mol. The number of hydrogen-bond donors (Lipinski definition) is 2. The Kier molecular flexibility index (Phi) is 2.86. The molecule has 3 nitrogen and oxygen atoms in total. The van der Waals surface area contributed by atoms with E-state index in [-0.39, 0.29) is 0 Å². The first-order valence-electron chi connectivity index (χ1n) is 3.71. The van der Waals surface area contributed by atoms with Gasteiger partial charge < -0.3 is 10.7 Å². The zero-order chi connectivity index (χ0) is 8.10. The van der Waals surface area contributed by atoms with Crippen molar-refractivity contribution in [2.24, 2.45) is 5.73 Å². The highest BCUT2D eigenvalue weighted by Gasteiger charge is 1.92. The molecule has 0 saturated heterocycles. The summed E-state index contributed by atoms with van der Waals surface area (Å²) in [6, 6.07) is 0. The van der Waals surface area contributed by atoms with Gasteiger partial charge in [0.1, 0.15) is 0 Å². The van der Waals surface area contributed by atoms with Crippen molar-refractivity contribution in [3.63, 3.8) is 0 Å². The molecule has 0 unspecified atom stereocenters. The Morgan fingerprint density at radius 3 is 3.09 bits per heavy atom. The van der Waals surface area contributed by atoms with Gasteiger partial charge in [-0.05, 0) is 26.0 Å². The highest BCUT2D eigenvalue weighted by atomic mass is 14.9. The summed E-state index contributed by atoms with van der Waals surface area (Å²) in [7, 11) is 0. The molecule has 1 rings (SSSR count). The van der Waals surface area contributed by atoms with Gasteiger partial charge in [0, 0.05) is 5.69 Å². The first-order chi connectivity index (χ1) is 5.34. The van der Waals surface area contributed by atoms with E-state index in [1.807, 2.05) is 19.1 Å². The van der Waals surface area contributed by atoms with Crippen molar-refractivity contribution in [3.05, 3.63) is 23.8 Å². The van der Waals surface area contributed by atoms with Gasteiger partial charge in [0.25, 0.3) is 0 Å². The lowest BCUT2D eigenvalue weighted by atomic mass is 10.3. The van der Waals surface area contributed by atoms with Crippen LogP contribution in [0.1, 0.15) is 17.8 Å². The molecule has 0 aromatic carbocycles. The normalized spacial score (nSPS) is 11.1. The lowest BCUT2D eigenvalue weighted by molar-refractivity contribution is 1.01. The number of aromatic nitrogens is 2. The van der Waals surface area contributed by atoms with Gasteiger partial charge >= 0.3 is 0 Å². The minimum Gasteiger partial charge on any atom is -0.348 e. The van der Waals surface area contributed by atoms with Gasteiger partial charge in [-0.3, -0.25) is 0 Å². The van der Waals surface area contributed by atoms with Gasteiger partial charge in [-0.1, -0.05) is 6.08 Å². The molecular formula is C8H13N3. The van der Waals surface area contributed by atoms with Gasteiger partial charge in [-0.25, -0.2) is 4.98 Å². The highest BCUT2D eigenvalue weighted by Crippen LogP contribution is 2.02. The van der Waals surface area contributed by atoms with Crippen molar-refractivity contribution >= 4 is 6.08 Å². The molecule has 0 aliphatic rings. The molecule has 0 aliphatic heterocycles. The van der Waals surface area contributed by atoms with Crippen molar-refractivity contribution in [1.29, 1.82) is 0 Å². The fraction of sp³-hybridized carbons (Fsp3) is 0.375. The van der Waals surface area contributed by atoms with Gasteiger partial charge in [0.2, 0.25) is 0 Å². The fourth-order valence-electron chi connectivity index (χ4n) is 0.829. The Labute approximate surface area is 66.3 Å². The third-order valence-corrected chi connectivity index (χ3v) is 1.48. The second kappa shape index (κ2) is 3.93. The van der Waals surface area contributed by atoms with Crippen molar-refractivity contribution in [1.82, 2.24) is 9.97 Å². The van der Waals surface area contributed by atoms with Crippen LogP contribution in [0.5, 0.6) is 0 Å². The number of aromatic amines is 1. The quantitative estimate of drug-likeness (QED) is 0.679. The summed E-state index contributed by atoms with van der Waals surface area (Å²) in [5.41, 5.74) is 7.42. The van der Waals surface area contributed by atoms with Gasteiger partial charge in [-0.2, -0.15) is 0 Å². The number of aryl methyl sites for hydroxylation is 1. The Hall–Kier alpha value is -1.09. The molecule has 0 fully saturated rings.